The lowest BCUT2D eigenvalue weighted by molar-refractivity contribution is -0.139. The lowest BCUT2D eigenvalue weighted by Crippen LogP contribution is -2.54. The quantitative estimate of drug-likeness (QED) is 0.456. The molecule has 2 heteroatoms. The average Bonchev–Trinajstić information content (AvgIpc) is 2.96. The van der Waals surface area contributed by atoms with E-state index in [4.69, 9.17) is 0 Å². The maximum atomic E-state index is 12.8. The monoisotopic (exact) mass is 440 g/mol. The molecule has 0 radical (unpaired) electrons. The van der Waals surface area contributed by atoms with Crippen molar-refractivity contribution in [3.63, 3.8) is 0 Å². The molecule has 4 rings (SSSR count). The van der Waals surface area contributed by atoms with Crippen LogP contribution in [0.4, 0.5) is 0 Å². The topological polar surface area (TPSA) is 37.3 Å². The third-order valence-electron chi connectivity index (χ3n) is 11.4. The lowest BCUT2D eigenvalue weighted by atomic mass is 9.43. The number of hydrogen-bond donors (Lipinski definition) is 1. The molecule has 4 aliphatic carbocycles. The van der Waals surface area contributed by atoms with Gasteiger partial charge in [0.15, 0.2) is 0 Å². The maximum absolute atomic E-state index is 12.8. The summed E-state index contributed by atoms with van der Waals surface area (Å²) >= 11 is 0. The van der Waals surface area contributed by atoms with E-state index in [0.717, 1.165) is 19.3 Å². The molecule has 0 amide bonds. The predicted molar refractivity (Wildman–Crippen MR) is 133 cm³/mol. The fraction of sp³-hybridized carbons (Fsp3) is 0.833. The number of ketones is 1. The summed E-state index contributed by atoms with van der Waals surface area (Å²) in [5, 5.41) is 10.6. The van der Waals surface area contributed by atoms with E-state index in [1.807, 2.05) is 6.08 Å². The second kappa shape index (κ2) is 7.82. The van der Waals surface area contributed by atoms with Crippen molar-refractivity contribution >= 4 is 5.78 Å². The fourth-order valence-corrected chi connectivity index (χ4v) is 9.44. The van der Waals surface area contributed by atoms with Crippen LogP contribution < -0.4 is 0 Å². The number of aliphatic hydroxyl groups is 1. The zero-order valence-corrected chi connectivity index (χ0v) is 22.1. The largest absolute Gasteiger partial charge is 0.389 e. The van der Waals surface area contributed by atoms with Crippen molar-refractivity contribution in [2.75, 3.05) is 0 Å². The minimum atomic E-state index is -0.319. The third-order valence-corrected chi connectivity index (χ3v) is 11.4. The van der Waals surface area contributed by atoms with E-state index in [-0.39, 0.29) is 22.3 Å². The number of hydrogen-bond acceptors (Lipinski definition) is 2. The minimum Gasteiger partial charge on any atom is -0.389 e. The van der Waals surface area contributed by atoms with Gasteiger partial charge in [-0.1, -0.05) is 64.3 Å². The van der Waals surface area contributed by atoms with Gasteiger partial charge in [0.1, 0.15) is 5.78 Å². The summed E-state index contributed by atoms with van der Waals surface area (Å²) in [6.45, 7) is 18.7. The van der Waals surface area contributed by atoms with Gasteiger partial charge in [-0.05, 0) is 99.2 Å². The molecule has 180 valence electrons. The Hall–Kier alpha value is -0.890. The molecule has 32 heavy (non-hydrogen) atoms. The molecule has 2 fully saturated rings. The zero-order chi connectivity index (χ0) is 23.7. The highest BCUT2D eigenvalue weighted by atomic mass is 16.3. The number of rotatable bonds is 4. The van der Waals surface area contributed by atoms with Crippen LogP contribution in [0.2, 0.25) is 0 Å². The Labute approximate surface area is 197 Å². The van der Waals surface area contributed by atoms with Gasteiger partial charge in [-0.2, -0.15) is 0 Å². The molecular weight excluding hydrogens is 392 g/mol. The summed E-state index contributed by atoms with van der Waals surface area (Å²) in [4.78, 5) is 12.8. The summed E-state index contributed by atoms with van der Waals surface area (Å²) in [6.07, 6.45) is 11.8. The molecule has 7 atom stereocenters. The van der Waals surface area contributed by atoms with Crippen LogP contribution in [-0.4, -0.2) is 17.0 Å². The molecule has 0 aliphatic heterocycles. The highest BCUT2D eigenvalue weighted by Gasteiger charge is 2.63. The first-order chi connectivity index (χ1) is 14.8. The van der Waals surface area contributed by atoms with Gasteiger partial charge in [-0.3, -0.25) is 4.79 Å². The van der Waals surface area contributed by atoms with Crippen LogP contribution in [0, 0.1) is 39.4 Å². The van der Waals surface area contributed by atoms with E-state index in [2.05, 4.69) is 55.4 Å². The normalized spacial score (nSPS) is 42.6. The van der Waals surface area contributed by atoms with Crippen LogP contribution in [0.25, 0.3) is 0 Å². The molecule has 2 nitrogen and oxygen atoms in total. The van der Waals surface area contributed by atoms with Crippen molar-refractivity contribution in [3.05, 3.63) is 22.8 Å². The van der Waals surface area contributed by atoms with Crippen LogP contribution in [-0.2, 0) is 4.79 Å². The SMILES string of the molecule is CC(C)=C[C@H](O)C[C@@H](C)[C@H]1CC[C@@]2(C)C3=C(CC[C@]12C)[C@@]1(C)CCC(=O)C(C)(C)[C@@H]1CC3. The highest BCUT2D eigenvalue weighted by molar-refractivity contribution is 5.85. The van der Waals surface area contributed by atoms with E-state index in [0.29, 0.717) is 29.0 Å². The minimum absolute atomic E-state index is 0.180. The van der Waals surface area contributed by atoms with Crippen LogP contribution in [0.3, 0.4) is 0 Å². The van der Waals surface area contributed by atoms with Gasteiger partial charge in [-0.25, -0.2) is 0 Å². The standard InChI is InChI=1S/C30H48O2/c1-19(2)17-21(31)18-20(3)22-11-15-30(8)24-9-10-25-27(4,5)26(32)13-14-28(25,6)23(24)12-16-29(22,30)7/h17,20-22,25,31H,9-16,18H2,1-8H3/t20-,21+,22-,25+,28-,29-,30+/m1/s1. The van der Waals surface area contributed by atoms with Crippen LogP contribution in [0.5, 0.6) is 0 Å². The number of allylic oxidation sites excluding steroid dienone is 3. The summed E-state index contributed by atoms with van der Waals surface area (Å²) in [6, 6.07) is 0. The molecule has 0 aromatic carbocycles. The smallest absolute Gasteiger partial charge is 0.138 e. The fourth-order valence-electron chi connectivity index (χ4n) is 9.44. The zero-order valence-electron chi connectivity index (χ0n) is 22.1. The molecular formula is C30H48O2. The van der Waals surface area contributed by atoms with Crippen molar-refractivity contribution in [2.45, 2.75) is 119 Å². The molecule has 0 bridgehead atoms. The molecule has 1 N–H and O–H groups in total. The third kappa shape index (κ3) is 3.33. The second-order valence-corrected chi connectivity index (χ2v) is 13.5. The predicted octanol–water partition coefficient (Wildman–Crippen LogP) is 7.66. The second-order valence-electron chi connectivity index (χ2n) is 13.5. The summed E-state index contributed by atoms with van der Waals surface area (Å²) in [7, 11) is 0. The first-order valence-corrected chi connectivity index (χ1v) is 13.4. The first-order valence-electron chi connectivity index (χ1n) is 13.4. The maximum Gasteiger partial charge on any atom is 0.138 e. The number of carbonyl (C=O) groups excluding carboxylic acids is 1. The van der Waals surface area contributed by atoms with Gasteiger partial charge < -0.3 is 5.11 Å². The molecule has 2 saturated carbocycles. The van der Waals surface area contributed by atoms with Gasteiger partial charge in [0, 0.05) is 11.8 Å². The van der Waals surface area contributed by atoms with Crippen molar-refractivity contribution in [3.8, 4) is 0 Å². The van der Waals surface area contributed by atoms with Crippen molar-refractivity contribution < 1.29 is 9.90 Å². The van der Waals surface area contributed by atoms with Crippen LogP contribution in [0.1, 0.15) is 113 Å². The van der Waals surface area contributed by atoms with Crippen LogP contribution in [0.15, 0.2) is 22.8 Å². The van der Waals surface area contributed by atoms with E-state index >= 15 is 0 Å². The molecule has 0 saturated heterocycles. The molecule has 0 aromatic rings. The molecule has 4 aliphatic rings. The molecule has 0 spiro atoms. The van der Waals surface area contributed by atoms with Gasteiger partial charge >= 0.3 is 0 Å². The van der Waals surface area contributed by atoms with Crippen LogP contribution >= 0.6 is 0 Å². The van der Waals surface area contributed by atoms with E-state index in [9.17, 15) is 9.90 Å². The number of fused-ring (bicyclic) bond motifs is 4. The van der Waals surface area contributed by atoms with E-state index in [1.54, 1.807) is 11.1 Å². The average molecular weight is 441 g/mol. The van der Waals surface area contributed by atoms with Crippen molar-refractivity contribution in [1.29, 1.82) is 0 Å². The van der Waals surface area contributed by atoms with Gasteiger partial charge in [0.2, 0.25) is 0 Å². The van der Waals surface area contributed by atoms with Crippen molar-refractivity contribution in [2.24, 2.45) is 39.4 Å². The Morgan fingerprint density at radius 2 is 1.69 bits per heavy atom. The number of aliphatic hydroxyl groups excluding tert-OH is 1. The summed E-state index contributed by atoms with van der Waals surface area (Å²) in [5.74, 6) is 2.20. The van der Waals surface area contributed by atoms with Gasteiger partial charge in [-0.15, -0.1) is 0 Å². The highest BCUT2D eigenvalue weighted by Crippen LogP contribution is 2.72. The molecule has 0 aromatic heterocycles. The first kappa shape index (κ1) is 24.2. The van der Waals surface area contributed by atoms with E-state index < -0.39 is 0 Å². The Morgan fingerprint density at radius 3 is 2.34 bits per heavy atom. The number of Topliss-reactive ketones (excluding diaryl/α,β-unsaturated/α-hetero) is 1. The summed E-state index contributed by atoms with van der Waals surface area (Å²) < 4.78 is 0. The molecule has 0 unspecified atom stereocenters. The lowest BCUT2D eigenvalue weighted by Gasteiger charge is -2.61. The Bertz CT molecular complexity index is 843. The van der Waals surface area contributed by atoms with Crippen molar-refractivity contribution in [1.82, 2.24) is 0 Å². The van der Waals surface area contributed by atoms with Gasteiger partial charge in [0.25, 0.3) is 0 Å². The number of carbonyl (C=O) groups is 1. The molecule has 0 heterocycles. The Balaban J connectivity index is 1.66. The Kier molecular flexibility index (Phi) is 5.93. The van der Waals surface area contributed by atoms with E-state index in [1.165, 1.54) is 44.1 Å². The summed E-state index contributed by atoms with van der Waals surface area (Å²) in [5.41, 5.74) is 5.37. The Morgan fingerprint density at radius 1 is 1.00 bits per heavy atom. The van der Waals surface area contributed by atoms with Gasteiger partial charge in [0.05, 0.1) is 6.10 Å².